The Morgan fingerprint density at radius 1 is 1.00 bits per heavy atom. The van der Waals surface area contributed by atoms with Gasteiger partial charge in [0.05, 0.1) is 0 Å². The number of amides is 2. The lowest BCUT2D eigenvalue weighted by Gasteiger charge is -2.41. The molecule has 0 aromatic heterocycles. The number of carbonyl (C=O) groups excluding carboxylic acids is 2. The molecule has 3 aliphatic rings. The zero-order chi connectivity index (χ0) is 18.1. The SMILES string of the molecule is O=C(NC1C[C@H]2CC[C@@H](C1)N2C(=O)C1CCOCC1)c1ccc(F)cc1. The van der Waals surface area contributed by atoms with E-state index in [0.717, 1.165) is 38.5 Å². The van der Waals surface area contributed by atoms with Gasteiger partial charge in [0.15, 0.2) is 0 Å². The molecule has 3 fully saturated rings. The maximum Gasteiger partial charge on any atom is 0.251 e. The van der Waals surface area contributed by atoms with E-state index in [4.69, 9.17) is 4.74 Å². The van der Waals surface area contributed by atoms with Gasteiger partial charge in [-0.25, -0.2) is 4.39 Å². The molecule has 140 valence electrons. The van der Waals surface area contributed by atoms with Crippen LogP contribution in [0.15, 0.2) is 24.3 Å². The normalized spacial score (nSPS) is 28.8. The Morgan fingerprint density at radius 3 is 2.23 bits per heavy atom. The first-order valence-electron chi connectivity index (χ1n) is 9.58. The Hall–Kier alpha value is -1.95. The van der Waals surface area contributed by atoms with E-state index in [2.05, 4.69) is 10.2 Å². The van der Waals surface area contributed by atoms with Crippen molar-refractivity contribution in [3.63, 3.8) is 0 Å². The average Bonchev–Trinajstić information content (AvgIpc) is 2.93. The number of halogens is 1. The largest absolute Gasteiger partial charge is 0.381 e. The zero-order valence-corrected chi connectivity index (χ0v) is 14.8. The number of rotatable bonds is 3. The van der Waals surface area contributed by atoms with E-state index in [1.807, 2.05) is 0 Å². The highest BCUT2D eigenvalue weighted by Crippen LogP contribution is 2.37. The van der Waals surface area contributed by atoms with Crippen LogP contribution in [0.4, 0.5) is 4.39 Å². The van der Waals surface area contributed by atoms with Crippen LogP contribution in [-0.2, 0) is 9.53 Å². The molecular weight excluding hydrogens is 335 g/mol. The molecule has 0 spiro atoms. The monoisotopic (exact) mass is 360 g/mol. The highest BCUT2D eigenvalue weighted by atomic mass is 19.1. The molecule has 1 aromatic rings. The van der Waals surface area contributed by atoms with Gasteiger partial charge in [-0.05, 0) is 62.8 Å². The summed E-state index contributed by atoms with van der Waals surface area (Å²) in [6.07, 6.45) is 5.28. The fourth-order valence-corrected chi connectivity index (χ4v) is 4.68. The number of hydrogen-bond donors (Lipinski definition) is 1. The summed E-state index contributed by atoms with van der Waals surface area (Å²) >= 11 is 0. The van der Waals surface area contributed by atoms with Crippen molar-refractivity contribution < 1.29 is 18.7 Å². The first kappa shape index (κ1) is 17.5. The van der Waals surface area contributed by atoms with Crippen LogP contribution in [0.1, 0.15) is 48.9 Å². The molecule has 1 N–H and O–H groups in total. The molecule has 0 saturated carbocycles. The molecule has 5 nitrogen and oxygen atoms in total. The maximum absolute atomic E-state index is 13.0. The topological polar surface area (TPSA) is 58.6 Å². The third-order valence-corrected chi connectivity index (χ3v) is 6.00. The lowest BCUT2D eigenvalue weighted by molar-refractivity contribution is -0.143. The van der Waals surface area contributed by atoms with Gasteiger partial charge in [-0.2, -0.15) is 0 Å². The van der Waals surface area contributed by atoms with Crippen molar-refractivity contribution in [3.8, 4) is 0 Å². The van der Waals surface area contributed by atoms with E-state index in [1.165, 1.54) is 24.3 Å². The van der Waals surface area contributed by atoms with Gasteiger partial charge in [-0.15, -0.1) is 0 Å². The van der Waals surface area contributed by atoms with Gasteiger partial charge in [0.25, 0.3) is 5.91 Å². The highest BCUT2D eigenvalue weighted by Gasteiger charge is 2.45. The first-order chi connectivity index (χ1) is 12.6. The van der Waals surface area contributed by atoms with Crippen molar-refractivity contribution in [1.82, 2.24) is 10.2 Å². The van der Waals surface area contributed by atoms with Gasteiger partial charge in [-0.3, -0.25) is 9.59 Å². The van der Waals surface area contributed by atoms with Crippen molar-refractivity contribution in [2.24, 2.45) is 5.92 Å². The van der Waals surface area contributed by atoms with Crippen LogP contribution in [0.2, 0.25) is 0 Å². The van der Waals surface area contributed by atoms with Crippen molar-refractivity contribution >= 4 is 11.8 Å². The van der Waals surface area contributed by atoms with Crippen LogP contribution in [0.3, 0.4) is 0 Å². The van der Waals surface area contributed by atoms with Crippen molar-refractivity contribution in [2.45, 2.75) is 56.7 Å². The first-order valence-corrected chi connectivity index (χ1v) is 9.58. The van der Waals surface area contributed by atoms with E-state index < -0.39 is 0 Å². The van der Waals surface area contributed by atoms with E-state index in [1.54, 1.807) is 0 Å². The summed E-state index contributed by atoms with van der Waals surface area (Å²) < 4.78 is 18.4. The second-order valence-corrected chi connectivity index (χ2v) is 7.67. The summed E-state index contributed by atoms with van der Waals surface area (Å²) in [7, 11) is 0. The number of nitrogens with zero attached hydrogens (tertiary/aromatic N) is 1. The van der Waals surface area contributed by atoms with Crippen molar-refractivity contribution in [2.75, 3.05) is 13.2 Å². The Morgan fingerprint density at radius 2 is 1.62 bits per heavy atom. The number of fused-ring (bicyclic) bond motifs is 2. The predicted octanol–water partition coefficient (Wildman–Crippen LogP) is 2.50. The second kappa shape index (κ2) is 7.35. The Bertz CT molecular complexity index is 658. The van der Waals surface area contributed by atoms with E-state index in [9.17, 15) is 14.0 Å². The predicted molar refractivity (Wildman–Crippen MR) is 94.1 cm³/mol. The van der Waals surface area contributed by atoms with E-state index >= 15 is 0 Å². The molecular formula is C20H25FN2O3. The molecule has 0 radical (unpaired) electrons. The zero-order valence-electron chi connectivity index (χ0n) is 14.8. The van der Waals surface area contributed by atoms with Crippen molar-refractivity contribution in [1.29, 1.82) is 0 Å². The summed E-state index contributed by atoms with van der Waals surface area (Å²) in [5.41, 5.74) is 0.472. The highest BCUT2D eigenvalue weighted by molar-refractivity contribution is 5.94. The number of ether oxygens (including phenoxy) is 1. The van der Waals surface area contributed by atoms with E-state index in [-0.39, 0.29) is 41.7 Å². The molecule has 4 rings (SSSR count). The lowest BCUT2D eigenvalue weighted by atomic mass is 9.92. The average molecular weight is 360 g/mol. The quantitative estimate of drug-likeness (QED) is 0.901. The van der Waals surface area contributed by atoms with Crippen molar-refractivity contribution in [3.05, 3.63) is 35.6 Å². The molecule has 3 atom stereocenters. The van der Waals surface area contributed by atoms with Gasteiger partial charge < -0.3 is 15.0 Å². The molecule has 3 aliphatic heterocycles. The smallest absolute Gasteiger partial charge is 0.251 e. The standard InChI is InChI=1S/C20H25FN2O3/c21-15-3-1-13(2-4-15)19(24)22-16-11-17-5-6-18(12-16)23(17)20(25)14-7-9-26-10-8-14/h1-4,14,16-18H,5-12H2,(H,22,24)/t16?,17-,18+. The fourth-order valence-electron chi connectivity index (χ4n) is 4.68. The number of nitrogens with one attached hydrogen (secondary N) is 1. The van der Waals surface area contributed by atoms with Gasteiger partial charge in [0, 0.05) is 42.8 Å². The van der Waals surface area contributed by atoms with Crippen LogP contribution in [0, 0.1) is 11.7 Å². The molecule has 3 heterocycles. The Labute approximate surface area is 152 Å². The minimum atomic E-state index is -0.348. The summed E-state index contributed by atoms with van der Waals surface area (Å²) in [6.45, 7) is 1.35. The third-order valence-electron chi connectivity index (χ3n) is 6.00. The molecule has 26 heavy (non-hydrogen) atoms. The molecule has 1 unspecified atom stereocenters. The van der Waals surface area contributed by atoms with Crippen LogP contribution < -0.4 is 5.32 Å². The third kappa shape index (κ3) is 3.47. The molecule has 6 heteroatoms. The van der Waals surface area contributed by atoms with Crippen LogP contribution >= 0.6 is 0 Å². The minimum absolute atomic E-state index is 0.0730. The summed E-state index contributed by atoms with van der Waals surface area (Å²) in [5.74, 6) is -0.139. The van der Waals surface area contributed by atoms with Crippen LogP contribution in [0.25, 0.3) is 0 Å². The number of hydrogen-bond acceptors (Lipinski definition) is 3. The van der Waals surface area contributed by atoms with Crippen LogP contribution in [0.5, 0.6) is 0 Å². The summed E-state index contributed by atoms with van der Waals surface area (Å²) in [6, 6.07) is 6.13. The molecule has 1 aromatic carbocycles. The lowest BCUT2D eigenvalue weighted by Crippen LogP contribution is -2.54. The van der Waals surface area contributed by atoms with Gasteiger partial charge in [0.2, 0.25) is 5.91 Å². The number of piperidine rings is 1. The molecule has 0 aliphatic carbocycles. The molecule has 3 saturated heterocycles. The summed E-state index contributed by atoms with van der Waals surface area (Å²) in [4.78, 5) is 27.4. The maximum atomic E-state index is 13.0. The molecule has 2 amide bonds. The van der Waals surface area contributed by atoms with Gasteiger partial charge in [-0.1, -0.05) is 0 Å². The Kier molecular flexibility index (Phi) is 4.94. The Balaban J connectivity index is 1.37. The fraction of sp³-hybridized carbons (Fsp3) is 0.600. The van der Waals surface area contributed by atoms with Gasteiger partial charge >= 0.3 is 0 Å². The van der Waals surface area contributed by atoms with Crippen LogP contribution in [-0.4, -0.2) is 48.1 Å². The number of benzene rings is 1. The van der Waals surface area contributed by atoms with Gasteiger partial charge in [0.1, 0.15) is 5.82 Å². The minimum Gasteiger partial charge on any atom is -0.381 e. The number of carbonyl (C=O) groups is 2. The van der Waals surface area contributed by atoms with E-state index in [0.29, 0.717) is 18.8 Å². The second-order valence-electron chi connectivity index (χ2n) is 7.67. The molecule has 2 bridgehead atoms. The summed E-state index contributed by atoms with van der Waals surface area (Å²) in [5, 5.41) is 3.08.